The van der Waals surface area contributed by atoms with Crippen molar-refractivity contribution in [1.29, 1.82) is 0 Å². The van der Waals surface area contributed by atoms with Gasteiger partial charge < -0.3 is 4.98 Å². The Morgan fingerprint density at radius 1 is 0.704 bits per heavy atom. The van der Waals surface area contributed by atoms with Crippen LogP contribution >= 0.6 is 0 Å². The van der Waals surface area contributed by atoms with Crippen molar-refractivity contribution in [2.24, 2.45) is 0 Å². The molecule has 0 radical (unpaired) electrons. The first-order valence-electron chi connectivity index (χ1n) is 9.43. The highest BCUT2D eigenvalue weighted by Gasteiger charge is 2.20. The number of aromatic nitrogens is 2. The lowest BCUT2D eigenvalue weighted by atomic mass is 9.37. The minimum absolute atomic E-state index is 0.309. The van der Waals surface area contributed by atoms with E-state index in [1.807, 2.05) is 13.1 Å². The minimum atomic E-state index is 0.309. The van der Waals surface area contributed by atoms with Gasteiger partial charge in [-0.05, 0) is 6.92 Å². The molecule has 0 aliphatic rings. The summed E-state index contributed by atoms with van der Waals surface area (Å²) in [5.41, 5.74) is 5.14. The molecule has 1 heterocycles. The number of nitrogens with zero attached hydrogens (tertiary/aromatic N) is 1. The number of rotatable bonds is 4. The van der Waals surface area contributed by atoms with E-state index >= 15 is 0 Å². The van der Waals surface area contributed by atoms with Crippen molar-refractivity contribution in [2.45, 2.75) is 20.3 Å². The van der Waals surface area contributed by atoms with E-state index in [-0.39, 0.29) is 0 Å². The largest absolute Gasteiger partial charge is 0.346 e. The van der Waals surface area contributed by atoms with Gasteiger partial charge in [-0.3, -0.25) is 0 Å². The fraction of sp³-hybridized carbons (Fsp3) is 0.125. The van der Waals surface area contributed by atoms with Gasteiger partial charge in [0.2, 0.25) is 6.71 Å². The molecule has 0 bridgehead atoms. The molecule has 0 unspecified atom stereocenters. The smallest absolute Gasteiger partial charge is 0.241 e. The van der Waals surface area contributed by atoms with Crippen LogP contribution in [0.4, 0.5) is 0 Å². The van der Waals surface area contributed by atoms with Gasteiger partial charge in [0, 0.05) is 18.3 Å². The Morgan fingerprint density at radius 3 is 1.37 bits per heavy atom. The number of H-pyrrole nitrogens is 1. The zero-order valence-electron chi connectivity index (χ0n) is 16.0. The molecule has 3 aromatic carbocycles. The van der Waals surface area contributed by atoms with Crippen LogP contribution in [0.25, 0.3) is 0 Å². The zero-order chi connectivity index (χ0) is 18.9. The van der Waals surface area contributed by atoms with Crippen molar-refractivity contribution in [2.75, 3.05) is 0 Å². The quantitative estimate of drug-likeness (QED) is 0.560. The maximum Gasteiger partial charge on any atom is 0.241 e. The van der Waals surface area contributed by atoms with Crippen LogP contribution in [0.2, 0.25) is 0 Å². The number of imidazole rings is 1. The Kier molecular flexibility index (Phi) is 6.64. The molecule has 0 amide bonds. The normalized spacial score (nSPS) is 10.0. The first kappa shape index (κ1) is 18.7. The number of hydrogen-bond donors (Lipinski definition) is 1. The summed E-state index contributed by atoms with van der Waals surface area (Å²) < 4.78 is 0. The molecule has 2 nitrogen and oxygen atoms in total. The highest BCUT2D eigenvalue weighted by atomic mass is 14.9. The second-order valence-electron chi connectivity index (χ2n) is 6.53. The third-order valence-corrected chi connectivity index (χ3v) is 4.49. The summed E-state index contributed by atoms with van der Waals surface area (Å²) in [6.45, 7) is 4.40. The second kappa shape index (κ2) is 9.58. The van der Waals surface area contributed by atoms with Gasteiger partial charge in [-0.25, -0.2) is 4.98 Å². The Bertz CT molecular complexity index is 824. The summed E-state index contributed by atoms with van der Waals surface area (Å²) in [7, 11) is 0. The number of hydrogen-bond acceptors (Lipinski definition) is 1. The summed E-state index contributed by atoms with van der Waals surface area (Å²) in [6, 6.07) is 32.0. The number of aromatic amines is 1. The first-order valence-corrected chi connectivity index (χ1v) is 9.43. The van der Waals surface area contributed by atoms with Gasteiger partial charge in [0.05, 0.1) is 0 Å². The molecule has 0 aliphatic carbocycles. The highest BCUT2D eigenvalue weighted by Crippen LogP contribution is 1.95. The lowest BCUT2D eigenvalue weighted by Crippen LogP contribution is -2.51. The summed E-state index contributed by atoms with van der Waals surface area (Å²) in [5, 5.41) is 0. The second-order valence-corrected chi connectivity index (χ2v) is 6.53. The molecular formula is C24H25BN2. The third-order valence-electron chi connectivity index (χ3n) is 4.49. The van der Waals surface area contributed by atoms with Gasteiger partial charge in [0.25, 0.3) is 0 Å². The summed E-state index contributed by atoms with van der Waals surface area (Å²) in [4.78, 5) is 7.19. The number of benzene rings is 3. The molecule has 4 aromatic rings. The van der Waals surface area contributed by atoms with Crippen molar-refractivity contribution in [3.63, 3.8) is 0 Å². The Balaban J connectivity index is 0.000000221. The predicted molar refractivity (Wildman–Crippen MR) is 117 cm³/mol. The molecular weight excluding hydrogens is 327 g/mol. The van der Waals surface area contributed by atoms with Crippen LogP contribution in [-0.4, -0.2) is 16.7 Å². The van der Waals surface area contributed by atoms with Gasteiger partial charge in [0.15, 0.2) is 0 Å². The fourth-order valence-corrected chi connectivity index (χ4v) is 3.16. The molecule has 1 aromatic heterocycles. The standard InChI is InChI=1S/C18H15B.C6H10N2/c1-4-10-16(11-5-1)19(17-12-6-2-7-13-17)18-14-8-3-9-15-18;1-3-6-7-4-5(2)8-6/h1-15H;4H,3H2,1-2H3,(H,7,8). The van der Waals surface area contributed by atoms with Gasteiger partial charge >= 0.3 is 0 Å². The van der Waals surface area contributed by atoms with Gasteiger partial charge in [-0.15, -0.1) is 0 Å². The van der Waals surface area contributed by atoms with Crippen LogP contribution in [0, 0.1) is 6.92 Å². The SMILES string of the molecule is CCc1ncc(C)[nH]1.c1ccc(B(c2ccccc2)c2ccccc2)cc1. The van der Waals surface area contributed by atoms with Crippen LogP contribution < -0.4 is 16.4 Å². The van der Waals surface area contributed by atoms with Crippen LogP contribution in [-0.2, 0) is 6.42 Å². The average Bonchev–Trinajstić information content (AvgIpc) is 3.17. The molecule has 0 fully saturated rings. The Hall–Kier alpha value is -3.07. The van der Waals surface area contributed by atoms with E-state index in [4.69, 9.17) is 0 Å². The molecule has 1 N–H and O–H groups in total. The Morgan fingerprint density at radius 2 is 1.11 bits per heavy atom. The van der Waals surface area contributed by atoms with E-state index in [1.165, 1.54) is 16.4 Å². The summed E-state index contributed by atoms with van der Waals surface area (Å²) >= 11 is 0. The molecule has 0 saturated heterocycles. The van der Waals surface area contributed by atoms with Crippen LogP contribution in [0.5, 0.6) is 0 Å². The highest BCUT2D eigenvalue weighted by molar-refractivity contribution is 6.95. The van der Waals surface area contributed by atoms with E-state index in [2.05, 4.69) is 108 Å². The van der Waals surface area contributed by atoms with Crippen molar-refractivity contribution in [3.05, 3.63) is 109 Å². The lowest BCUT2D eigenvalue weighted by molar-refractivity contribution is 0.982. The van der Waals surface area contributed by atoms with E-state index < -0.39 is 0 Å². The van der Waals surface area contributed by atoms with E-state index in [1.54, 1.807) is 0 Å². The molecule has 3 heteroatoms. The van der Waals surface area contributed by atoms with Crippen molar-refractivity contribution in [3.8, 4) is 0 Å². The maximum absolute atomic E-state index is 4.08. The molecule has 0 saturated carbocycles. The lowest BCUT2D eigenvalue weighted by Gasteiger charge is -2.15. The monoisotopic (exact) mass is 352 g/mol. The minimum Gasteiger partial charge on any atom is -0.346 e. The number of nitrogens with one attached hydrogen (secondary N) is 1. The molecule has 0 atom stereocenters. The fourth-order valence-electron chi connectivity index (χ4n) is 3.16. The molecule has 0 aliphatic heterocycles. The van der Waals surface area contributed by atoms with Crippen molar-refractivity contribution in [1.82, 2.24) is 9.97 Å². The summed E-state index contributed by atoms with van der Waals surface area (Å²) in [6.07, 6.45) is 2.84. The van der Waals surface area contributed by atoms with Gasteiger partial charge in [-0.1, -0.05) is 114 Å². The Labute approximate surface area is 162 Å². The van der Waals surface area contributed by atoms with Gasteiger partial charge in [-0.2, -0.15) is 0 Å². The van der Waals surface area contributed by atoms with E-state index in [0.717, 1.165) is 17.9 Å². The molecule has 134 valence electrons. The van der Waals surface area contributed by atoms with Crippen molar-refractivity contribution < 1.29 is 0 Å². The zero-order valence-corrected chi connectivity index (χ0v) is 16.0. The van der Waals surface area contributed by atoms with Crippen LogP contribution in [0.3, 0.4) is 0 Å². The molecule has 4 rings (SSSR count). The van der Waals surface area contributed by atoms with Crippen LogP contribution in [0.1, 0.15) is 18.4 Å². The third kappa shape index (κ3) is 5.21. The topological polar surface area (TPSA) is 28.7 Å². The predicted octanol–water partition coefficient (Wildman–Crippen LogP) is 3.48. The van der Waals surface area contributed by atoms with Gasteiger partial charge in [0.1, 0.15) is 5.82 Å². The summed E-state index contributed by atoms with van der Waals surface area (Å²) in [5.74, 6) is 1.07. The van der Waals surface area contributed by atoms with E-state index in [0.29, 0.717) is 6.71 Å². The maximum atomic E-state index is 4.08. The van der Waals surface area contributed by atoms with Crippen molar-refractivity contribution >= 4 is 23.1 Å². The first-order chi connectivity index (χ1) is 13.3. The number of aryl methyl sites for hydroxylation is 2. The molecule has 27 heavy (non-hydrogen) atoms. The average molecular weight is 352 g/mol. The van der Waals surface area contributed by atoms with Crippen LogP contribution in [0.15, 0.2) is 97.2 Å². The molecule has 0 spiro atoms. The van der Waals surface area contributed by atoms with E-state index in [9.17, 15) is 0 Å².